The van der Waals surface area contributed by atoms with Crippen molar-refractivity contribution in [2.24, 2.45) is 0 Å². The third kappa shape index (κ3) is 5.50. The number of hydrogen-bond donors (Lipinski definition) is 1. The molecule has 43 heavy (non-hydrogen) atoms. The van der Waals surface area contributed by atoms with E-state index in [0.29, 0.717) is 22.3 Å². The van der Waals surface area contributed by atoms with Gasteiger partial charge in [-0.2, -0.15) is 0 Å². The molecular formula is C31H32ClFN6O4. The number of aromatic nitrogens is 3. The van der Waals surface area contributed by atoms with Crippen LogP contribution >= 0.6 is 11.6 Å². The maximum Gasteiger partial charge on any atom is 0.341 e. The summed E-state index contributed by atoms with van der Waals surface area (Å²) in [6.45, 7) is 3.88. The first-order valence-electron chi connectivity index (χ1n) is 14.1. The lowest BCUT2D eigenvalue weighted by molar-refractivity contribution is 0.0695. The Morgan fingerprint density at radius 2 is 1.98 bits per heavy atom. The molecule has 2 atom stereocenters. The lowest BCUT2D eigenvalue weighted by Crippen LogP contribution is -2.57. The fourth-order valence-corrected chi connectivity index (χ4v) is 5.96. The summed E-state index contributed by atoms with van der Waals surface area (Å²) in [5.74, 6) is -0.209. The molecular weight excluding hydrogens is 575 g/mol. The van der Waals surface area contributed by atoms with Crippen LogP contribution in [-0.4, -0.2) is 89.1 Å². The molecule has 0 unspecified atom stereocenters. The number of aromatic carboxylic acids is 1. The molecule has 1 N–H and O–H groups in total. The van der Waals surface area contributed by atoms with E-state index in [1.165, 1.54) is 6.20 Å². The topological polar surface area (TPSA) is 104 Å². The number of alkyl halides is 1. The molecule has 12 heteroatoms. The number of carboxylic acids is 1. The standard InChI is InChI=1S/C31H32ClFN6O4/c1-18-9-23-27(11-26(18)38-13-19(33)10-21(38)17-43-30-25(32)5-4-8-34-30)39(16-24(29(23)40)31(41)42)20-6-7-28(35-12-20)37-14-22(15-37)36(2)3/h4-9,11-12,16,19,21-22H,10,13-15,17H2,1-3H3,(H,41,42)/t19-,21+/m0/s1. The first-order chi connectivity index (χ1) is 20.6. The summed E-state index contributed by atoms with van der Waals surface area (Å²) in [6, 6.07) is 10.8. The Labute approximate surface area is 252 Å². The molecule has 2 fully saturated rings. The van der Waals surface area contributed by atoms with E-state index in [2.05, 4.69) is 33.9 Å². The van der Waals surface area contributed by atoms with Gasteiger partial charge in [-0.1, -0.05) is 11.6 Å². The summed E-state index contributed by atoms with van der Waals surface area (Å²) in [5.41, 5.74) is 1.62. The molecule has 2 aliphatic rings. The molecule has 6 rings (SSSR count). The van der Waals surface area contributed by atoms with Crippen molar-refractivity contribution in [3.63, 3.8) is 0 Å². The molecule has 10 nitrogen and oxygen atoms in total. The van der Waals surface area contributed by atoms with E-state index < -0.39 is 17.6 Å². The molecule has 224 valence electrons. The third-order valence-corrected chi connectivity index (χ3v) is 8.58. The Bertz CT molecular complexity index is 1740. The zero-order valence-corrected chi connectivity index (χ0v) is 24.8. The number of pyridine rings is 3. The average Bonchev–Trinajstić information content (AvgIpc) is 3.32. The molecule has 0 aliphatic carbocycles. The Morgan fingerprint density at radius 3 is 2.65 bits per heavy atom. The number of benzene rings is 1. The van der Waals surface area contributed by atoms with E-state index in [-0.39, 0.29) is 42.4 Å². The minimum Gasteiger partial charge on any atom is -0.477 e. The minimum absolute atomic E-state index is 0.147. The highest BCUT2D eigenvalue weighted by Crippen LogP contribution is 2.34. The van der Waals surface area contributed by atoms with Crippen LogP contribution in [0.5, 0.6) is 5.88 Å². The van der Waals surface area contributed by atoms with E-state index in [0.717, 1.165) is 30.2 Å². The molecule has 5 heterocycles. The number of hydrogen-bond acceptors (Lipinski definition) is 8. The maximum atomic E-state index is 14.8. The number of halogens is 2. The number of carbonyl (C=O) groups is 1. The van der Waals surface area contributed by atoms with Crippen LogP contribution in [0.4, 0.5) is 15.9 Å². The van der Waals surface area contributed by atoms with Gasteiger partial charge in [0.2, 0.25) is 11.3 Å². The van der Waals surface area contributed by atoms with E-state index in [9.17, 15) is 19.1 Å². The average molecular weight is 607 g/mol. The largest absolute Gasteiger partial charge is 0.477 e. The number of ether oxygens (including phenoxy) is 1. The summed E-state index contributed by atoms with van der Waals surface area (Å²) in [5, 5.41) is 10.5. The molecule has 3 aromatic heterocycles. The van der Waals surface area contributed by atoms with Gasteiger partial charge in [0, 0.05) is 55.6 Å². The van der Waals surface area contributed by atoms with E-state index in [4.69, 9.17) is 16.3 Å². The monoisotopic (exact) mass is 606 g/mol. The van der Waals surface area contributed by atoms with Crippen molar-refractivity contribution in [1.82, 2.24) is 19.4 Å². The van der Waals surface area contributed by atoms with Crippen molar-refractivity contribution in [2.45, 2.75) is 31.6 Å². The molecule has 4 aromatic rings. The van der Waals surface area contributed by atoms with Gasteiger partial charge in [0.15, 0.2) is 0 Å². The van der Waals surface area contributed by atoms with Gasteiger partial charge in [-0.05, 0) is 63.0 Å². The van der Waals surface area contributed by atoms with Gasteiger partial charge in [-0.25, -0.2) is 19.2 Å². The van der Waals surface area contributed by atoms with Crippen LogP contribution in [0.2, 0.25) is 5.02 Å². The van der Waals surface area contributed by atoms with Gasteiger partial charge in [-0.15, -0.1) is 0 Å². The highest BCUT2D eigenvalue weighted by molar-refractivity contribution is 6.31. The van der Waals surface area contributed by atoms with Gasteiger partial charge < -0.3 is 29.1 Å². The zero-order valence-electron chi connectivity index (χ0n) is 24.1. The van der Waals surface area contributed by atoms with Crippen LogP contribution in [0.15, 0.2) is 59.8 Å². The van der Waals surface area contributed by atoms with Gasteiger partial charge >= 0.3 is 5.97 Å². The molecule has 1 aromatic carbocycles. The number of likely N-dealkylation sites (N-methyl/N-ethyl adjacent to an activating group) is 1. The summed E-state index contributed by atoms with van der Waals surface area (Å²) < 4.78 is 22.4. The predicted molar refractivity (Wildman–Crippen MR) is 164 cm³/mol. The Morgan fingerprint density at radius 1 is 1.19 bits per heavy atom. The maximum absolute atomic E-state index is 14.8. The Hall–Kier alpha value is -4.22. The number of rotatable bonds is 8. The van der Waals surface area contributed by atoms with Crippen LogP contribution in [0, 0.1) is 6.92 Å². The number of nitrogens with zero attached hydrogens (tertiary/aromatic N) is 6. The SMILES string of the molecule is Cc1cc2c(=O)c(C(=O)O)cn(-c3ccc(N4CC(N(C)C)C4)nc3)c2cc1N1C[C@@H](F)C[C@@H]1COc1ncccc1Cl. The van der Waals surface area contributed by atoms with Crippen LogP contribution in [-0.2, 0) is 0 Å². The molecule has 0 saturated carbocycles. The number of aryl methyl sites for hydroxylation is 1. The molecule has 0 radical (unpaired) electrons. The Kier molecular flexibility index (Phi) is 7.70. The third-order valence-electron chi connectivity index (χ3n) is 8.29. The molecule has 2 saturated heterocycles. The normalized spacial score (nSPS) is 18.8. The van der Waals surface area contributed by atoms with Crippen molar-refractivity contribution in [2.75, 3.05) is 50.1 Å². The first-order valence-corrected chi connectivity index (χ1v) is 14.4. The first kappa shape index (κ1) is 28.9. The second kappa shape index (κ2) is 11.5. The quantitative estimate of drug-likeness (QED) is 0.316. The Balaban J connectivity index is 1.38. The molecule has 0 bridgehead atoms. The number of anilines is 2. The highest BCUT2D eigenvalue weighted by Gasteiger charge is 2.34. The van der Waals surface area contributed by atoms with Crippen LogP contribution in [0.25, 0.3) is 16.6 Å². The van der Waals surface area contributed by atoms with Gasteiger partial charge in [0.1, 0.15) is 29.2 Å². The van der Waals surface area contributed by atoms with Gasteiger partial charge in [0.25, 0.3) is 0 Å². The molecule has 0 amide bonds. The van der Waals surface area contributed by atoms with Gasteiger partial charge in [-0.3, -0.25) is 4.79 Å². The fraction of sp³-hybridized carbons (Fsp3) is 0.355. The van der Waals surface area contributed by atoms with E-state index in [1.54, 1.807) is 35.2 Å². The summed E-state index contributed by atoms with van der Waals surface area (Å²) in [4.78, 5) is 40.4. The van der Waals surface area contributed by atoms with E-state index in [1.807, 2.05) is 30.0 Å². The van der Waals surface area contributed by atoms with Crippen molar-refractivity contribution >= 4 is 40.0 Å². The lowest BCUT2D eigenvalue weighted by atomic mass is 10.0. The number of carboxylic acid groups (broad SMARTS) is 1. The van der Waals surface area contributed by atoms with E-state index >= 15 is 0 Å². The fourth-order valence-electron chi connectivity index (χ4n) is 5.79. The predicted octanol–water partition coefficient (Wildman–Crippen LogP) is 4.19. The highest BCUT2D eigenvalue weighted by atomic mass is 35.5. The summed E-state index contributed by atoms with van der Waals surface area (Å²) in [6.07, 6.45) is 3.76. The van der Waals surface area contributed by atoms with Crippen molar-refractivity contribution in [1.29, 1.82) is 0 Å². The summed E-state index contributed by atoms with van der Waals surface area (Å²) in [7, 11) is 4.11. The van der Waals surface area contributed by atoms with Crippen molar-refractivity contribution in [3.05, 3.63) is 81.4 Å². The summed E-state index contributed by atoms with van der Waals surface area (Å²) >= 11 is 6.21. The van der Waals surface area contributed by atoms with Crippen molar-refractivity contribution < 1.29 is 19.0 Å². The minimum atomic E-state index is -1.31. The number of fused-ring (bicyclic) bond motifs is 1. The second-order valence-electron chi connectivity index (χ2n) is 11.3. The zero-order chi connectivity index (χ0) is 30.4. The van der Waals surface area contributed by atoms with Gasteiger partial charge in [0.05, 0.1) is 23.4 Å². The van der Waals surface area contributed by atoms with Crippen LogP contribution in [0.1, 0.15) is 22.3 Å². The lowest BCUT2D eigenvalue weighted by Gasteiger charge is -2.43. The van der Waals surface area contributed by atoms with Crippen molar-refractivity contribution in [3.8, 4) is 11.6 Å². The smallest absolute Gasteiger partial charge is 0.341 e. The van der Waals surface area contributed by atoms with Crippen LogP contribution in [0.3, 0.4) is 0 Å². The van der Waals surface area contributed by atoms with Crippen LogP contribution < -0.4 is 20.0 Å². The molecule has 0 spiro atoms. The second-order valence-corrected chi connectivity index (χ2v) is 11.7. The molecule has 2 aliphatic heterocycles.